The lowest BCUT2D eigenvalue weighted by atomic mass is 10.1. The predicted octanol–water partition coefficient (Wildman–Crippen LogP) is 5.18. The third-order valence-electron chi connectivity index (χ3n) is 4.03. The number of nitrogens with two attached hydrogens (primary N) is 1. The van der Waals surface area contributed by atoms with Crippen LogP contribution in [0.2, 0.25) is 5.02 Å². The number of rotatable bonds is 5. The van der Waals surface area contributed by atoms with Crippen LogP contribution in [0.4, 0.5) is 27.6 Å². The van der Waals surface area contributed by atoms with Crippen molar-refractivity contribution in [1.82, 2.24) is 4.98 Å². The Morgan fingerprint density at radius 2 is 1.78 bits per heavy atom. The second kappa shape index (κ2) is 8.79. The lowest BCUT2D eigenvalue weighted by Gasteiger charge is -2.16. The maximum Gasteiger partial charge on any atom is 0.419 e. The van der Waals surface area contributed by atoms with E-state index in [2.05, 4.69) is 10.3 Å². The molecule has 3 N–H and O–H groups in total. The molecule has 166 valence electrons. The van der Waals surface area contributed by atoms with Crippen LogP contribution in [0.5, 0.6) is 11.5 Å². The number of ether oxygens (including phenoxy) is 1. The lowest BCUT2D eigenvalue weighted by Crippen LogP contribution is -2.19. The Balaban J connectivity index is 2.06. The Morgan fingerprint density at radius 3 is 2.41 bits per heavy atom. The maximum absolute atomic E-state index is 14.8. The number of aromatic nitrogens is 1. The first-order chi connectivity index (χ1) is 15.0. The molecule has 32 heavy (non-hydrogen) atoms. The minimum absolute atomic E-state index is 0.0913. The van der Waals surface area contributed by atoms with Crippen LogP contribution in [0.15, 0.2) is 48.7 Å². The van der Waals surface area contributed by atoms with E-state index in [1.807, 2.05) is 0 Å². The number of nitrogens with one attached hydrogen (secondary N) is 1. The van der Waals surface area contributed by atoms with E-state index >= 15 is 0 Å². The molecule has 0 aliphatic carbocycles. The molecule has 2 aromatic carbocycles. The molecule has 0 aliphatic rings. The first kappa shape index (κ1) is 22.9. The summed E-state index contributed by atoms with van der Waals surface area (Å²) in [6.45, 7) is 0. The molecule has 0 fully saturated rings. The summed E-state index contributed by atoms with van der Waals surface area (Å²) in [5, 5.41) is 1.80. The van der Waals surface area contributed by atoms with Gasteiger partial charge in [-0.05, 0) is 36.4 Å². The Kier molecular flexibility index (Phi) is 6.30. The monoisotopic (exact) mass is 471 g/mol. The van der Waals surface area contributed by atoms with E-state index in [9.17, 15) is 31.5 Å². The largest absolute Gasteiger partial charge is 0.456 e. The van der Waals surface area contributed by atoms with Crippen molar-refractivity contribution in [2.75, 3.05) is 5.32 Å². The molecule has 12 heteroatoms. The number of primary amides is 1. The topological polar surface area (TPSA) is 94.3 Å². The highest BCUT2D eigenvalue weighted by molar-refractivity contribution is 6.30. The number of carbonyl (C=O) groups is 2. The molecule has 6 nitrogen and oxygen atoms in total. The van der Waals surface area contributed by atoms with E-state index in [0.717, 1.165) is 36.5 Å². The van der Waals surface area contributed by atoms with Crippen LogP contribution in [-0.4, -0.2) is 16.8 Å². The summed E-state index contributed by atoms with van der Waals surface area (Å²) in [5.41, 5.74) is 1.96. The Hall–Kier alpha value is -3.73. The van der Waals surface area contributed by atoms with Gasteiger partial charge >= 0.3 is 6.18 Å². The van der Waals surface area contributed by atoms with Crippen LogP contribution in [0.25, 0.3) is 0 Å². The van der Waals surface area contributed by atoms with Gasteiger partial charge in [0.2, 0.25) is 0 Å². The van der Waals surface area contributed by atoms with Crippen LogP contribution in [0.3, 0.4) is 0 Å². The summed E-state index contributed by atoms with van der Waals surface area (Å²) in [6.07, 6.45) is -4.00. The number of nitrogens with zero attached hydrogens (tertiary/aromatic N) is 1. The number of halogens is 6. The fourth-order valence-electron chi connectivity index (χ4n) is 2.58. The van der Waals surface area contributed by atoms with Gasteiger partial charge in [0, 0.05) is 18.0 Å². The van der Waals surface area contributed by atoms with Crippen molar-refractivity contribution < 1.29 is 36.3 Å². The zero-order chi connectivity index (χ0) is 23.6. The van der Waals surface area contributed by atoms with Gasteiger partial charge in [0.1, 0.15) is 28.6 Å². The molecule has 0 radical (unpaired) electrons. The highest BCUT2D eigenvalue weighted by atomic mass is 35.5. The molecule has 2 amide bonds. The SMILES string of the molecule is NC(=O)c1cc(NC(=O)c2c(Oc3ccc(F)c(Cl)c3)ccc(C(F)(F)F)c2F)ccn1. The van der Waals surface area contributed by atoms with Gasteiger partial charge in [-0.2, -0.15) is 13.2 Å². The fraction of sp³-hybridized carbons (Fsp3) is 0.0500. The minimum atomic E-state index is -5.10. The molecule has 0 aliphatic heterocycles. The molecule has 0 saturated carbocycles. The zero-order valence-electron chi connectivity index (χ0n) is 15.6. The van der Waals surface area contributed by atoms with Crippen LogP contribution < -0.4 is 15.8 Å². The van der Waals surface area contributed by atoms with Gasteiger partial charge in [-0.3, -0.25) is 14.6 Å². The first-order valence-corrected chi connectivity index (χ1v) is 8.95. The first-order valence-electron chi connectivity index (χ1n) is 8.57. The molecule has 3 aromatic rings. The Morgan fingerprint density at radius 1 is 1.06 bits per heavy atom. The van der Waals surface area contributed by atoms with Gasteiger partial charge in [-0.1, -0.05) is 11.6 Å². The Labute approximate surface area is 181 Å². The van der Waals surface area contributed by atoms with Crippen molar-refractivity contribution >= 4 is 29.1 Å². The second-order valence-corrected chi connectivity index (χ2v) is 6.63. The summed E-state index contributed by atoms with van der Waals surface area (Å²) in [6, 6.07) is 6.38. The van der Waals surface area contributed by atoms with Crippen molar-refractivity contribution in [3.05, 3.63) is 82.1 Å². The number of carbonyl (C=O) groups excluding carboxylic acids is 2. The lowest BCUT2D eigenvalue weighted by molar-refractivity contribution is -0.140. The zero-order valence-corrected chi connectivity index (χ0v) is 16.4. The number of anilines is 1. The fourth-order valence-corrected chi connectivity index (χ4v) is 2.75. The molecule has 0 atom stereocenters. The van der Waals surface area contributed by atoms with Gasteiger partial charge < -0.3 is 15.8 Å². The standard InChI is InChI=1S/C20H11ClF5N3O3/c21-12-8-10(1-3-13(12)22)32-15-4-2-11(20(24,25)26)17(23)16(15)19(31)29-9-5-6-28-14(7-9)18(27)30/h1-8H,(H2,27,30)(H,28,29,31). The molecule has 0 bridgehead atoms. The van der Waals surface area contributed by atoms with Gasteiger partial charge in [0.25, 0.3) is 11.8 Å². The maximum atomic E-state index is 14.8. The third-order valence-corrected chi connectivity index (χ3v) is 4.31. The smallest absolute Gasteiger partial charge is 0.419 e. The average Bonchev–Trinajstić information content (AvgIpc) is 2.70. The van der Waals surface area contributed by atoms with Crippen LogP contribution >= 0.6 is 11.6 Å². The molecule has 0 spiro atoms. The average molecular weight is 472 g/mol. The number of benzene rings is 2. The van der Waals surface area contributed by atoms with Gasteiger partial charge in [-0.25, -0.2) is 8.78 Å². The number of amides is 2. The molecule has 0 saturated heterocycles. The number of alkyl halides is 3. The third kappa shape index (κ3) is 4.94. The van der Waals surface area contributed by atoms with E-state index in [1.165, 1.54) is 6.07 Å². The summed E-state index contributed by atoms with van der Waals surface area (Å²) < 4.78 is 73.0. The molecular weight excluding hydrogens is 461 g/mol. The number of hydrogen-bond acceptors (Lipinski definition) is 4. The summed E-state index contributed by atoms with van der Waals surface area (Å²) in [7, 11) is 0. The van der Waals surface area contributed by atoms with Crippen LogP contribution in [0.1, 0.15) is 26.4 Å². The van der Waals surface area contributed by atoms with Crippen molar-refractivity contribution in [3.8, 4) is 11.5 Å². The minimum Gasteiger partial charge on any atom is -0.456 e. The highest BCUT2D eigenvalue weighted by Gasteiger charge is 2.37. The predicted molar refractivity (Wildman–Crippen MR) is 104 cm³/mol. The van der Waals surface area contributed by atoms with Crippen LogP contribution in [0, 0.1) is 11.6 Å². The quantitative estimate of drug-likeness (QED) is 0.502. The normalized spacial score (nSPS) is 11.2. The molecule has 1 aromatic heterocycles. The second-order valence-electron chi connectivity index (χ2n) is 6.22. The highest BCUT2D eigenvalue weighted by Crippen LogP contribution is 2.38. The Bertz CT molecular complexity index is 1220. The van der Waals surface area contributed by atoms with Gasteiger partial charge in [0.15, 0.2) is 5.82 Å². The van der Waals surface area contributed by atoms with Gasteiger partial charge in [-0.15, -0.1) is 0 Å². The van der Waals surface area contributed by atoms with E-state index in [-0.39, 0.29) is 22.2 Å². The van der Waals surface area contributed by atoms with Crippen molar-refractivity contribution in [2.45, 2.75) is 6.18 Å². The van der Waals surface area contributed by atoms with E-state index in [4.69, 9.17) is 22.1 Å². The molecule has 3 rings (SSSR count). The molecule has 1 heterocycles. The van der Waals surface area contributed by atoms with E-state index < -0.39 is 46.5 Å². The summed E-state index contributed by atoms with van der Waals surface area (Å²) in [5.74, 6) is -5.70. The van der Waals surface area contributed by atoms with E-state index in [1.54, 1.807) is 0 Å². The number of hydrogen-bond donors (Lipinski definition) is 2. The summed E-state index contributed by atoms with van der Waals surface area (Å²) >= 11 is 5.65. The molecule has 0 unspecified atom stereocenters. The van der Waals surface area contributed by atoms with Crippen molar-refractivity contribution in [1.29, 1.82) is 0 Å². The van der Waals surface area contributed by atoms with Gasteiger partial charge in [0.05, 0.1) is 10.6 Å². The summed E-state index contributed by atoms with van der Waals surface area (Å²) in [4.78, 5) is 27.6. The van der Waals surface area contributed by atoms with Crippen LogP contribution in [-0.2, 0) is 6.18 Å². The molecular formula is C20H11ClF5N3O3. The van der Waals surface area contributed by atoms with Crippen molar-refractivity contribution in [2.24, 2.45) is 5.73 Å². The van der Waals surface area contributed by atoms with Crippen molar-refractivity contribution in [3.63, 3.8) is 0 Å². The van der Waals surface area contributed by atoms with E-state index in [0.29, 0.717) is 6.07 Å². The number of pyridine rings is 1.